The van der Waals surface area contributed by atoms with E-state index < -0.39 is 22.9 Å². The third kappa shape index (κ3) is 7.61. The van der Waals surface area contributed by atoms with Gasteiger partial charge in [-0.15, -0.1) is 0 Å². The highest BCUT2D eigenvalue weighted by Gasteiger charge is 2.51. The van der Waals surface area contributed by atoms with Gasteiger partial charge in [-0.2, -0.15) is 0 Å². The van der Waals surface area contributed by atoms with Crippen molar-refractivity contribution in [1.29, 1.82) is 0 Å². The highest BCUT2D eigenvalue weighted by atomic mass is 16.5. The molecular formula is C34H39BN2O5. The average Bonchev–Trinajstić information content (AvgIpc) is 3.79. The van der Waals surface area contributed by atoms with Crippen molar-refractivity contribution in [2.24, 2.45) is 0 Å². The summed E-state index contributed by atoms with van der Waals surface area (Å²) in [7, 11) is 7.15. The number of unbranched alkanes of at least 4 members (excludes halogenated alkanes) is 2. The monoisotopic (exact) mass is 566 g/mol. The van der Waals surface area contributed by atoms with E-state index >= 15 is 0 Å². The van der Waals surface area contributed by atoms with Crippen molar-refractivity contribution in [2.75, 3.05) is 6.61 Å². The number of hydrogen-bond acceptors (Lipinski definition) is 4. The predicted octanol–water partition coefficient (Wildman–Crippen LogP) is 5.92. The molecule has 1 atom stereocenters. The summed E-state index contributed by atoms with van der Waals surface area (Å²) in [5.74, 6) is -1.22. The van der Waals surface area contributed by atoms with Gasteiger partial charge in [0.15, 0.2) is 0 Å². The molecule has 2 N–H and O–H groups in total. The summed E-state index contributed by atoms with van der Waals surface area (Å²) in [5.41, 5.74) is 0.426. The number of nitrogens with one attached hydrogen (secondary N) is 1. The number of ether oxygens (including phenoxy) is 1. The van der Waals surface area contributed by atoms with Gasteiger partial charge in [-0.25, -0.2) is 0 Å². The Bertz CT molecular complexity index is 1380. The summed E-state index contributed by atoms with van der Waals surface area (Å²) in [6.07, 6.45) is 3.48. The van der Waals surface area contributed by atoms with E-state index in [0.717, 1.165) is 24.0 Å². The van der Waals surface area contributed by atoms with E-state index in [2.05, 4.69) is 5.32 Å². The van der Waals surface area contributed by atoms with Gasteiger partial charge in [-0.05, 0) is 82.2 Å². The zero-order valence-corrected chi connectivity index (χ0v) is 24.6. The van der Waals surface area contributed by atoms with E-state index in [0.29, 0.717) is 42.7 Å². The quantitative estimate of drug-likeness (QED) is 0.198. The maximum absolute atomic E-state index is 14.2. The second-order valence-corrected chi connectivity index (χ2v) is 11.9. The fourth-order valence-corrected chi connectivity index (χ4v) is 4.96. The summed E-state index contributed by atoms with van der Waals surface area (Å²) in [6.45, 7) is 5.94. The summed E-state index contributed by atoms with van der Waals surface area (Å²) < 4.78 is 6.13. The minimum absolute atomic E-state index is 0.111. The van der Waals surface area contributed by atoms with Crippen LogP contribution in [-0.2, 0) is 15.0 Å². The van der Waals surface area contributed by atoms with Crippen LogP contribution in [0.2, 0.25) is 0 Å². The van der Waals surface area contributed by atoms with Crippen LogP contribution in [0.4, 0.5) is 0 Å². The Morgan fingerprint density at radius 1 is 0.881 bits per heavy atom. The van der Waals surface area contributed by atoms with Crippen molar-refractivity contribution in [3.63, 3.8) is 0 Å². The van der Waals surface area contributed by atoms with E-state index in [1.807, 2.05) is 63.2 Å². The van der Waals surface area contributed by atoms with Crippen LogP contribution < -0.4 is 10.1 Å². The first-order valence-electron chi connectivity index (χ1n) is 14.6. The molecule has 1 aliphatic rings. The Morgan fingerprint density at radius 3 is 2.12 bits per heavy atom. The molecule has 1 fully saturated rings. The van der Waals surface area contributed by atoms with Crippen molar-refractivity contribution in [2.45, 2.75) is 76.3 Å². The number of para-hydroxylation sites is 1. The SMILES string of the molecule is [B]C(C(=O)NC(C)(C)C)(c1ccccc1OCCCCCC(=O)O)N(C(=O)c1ccc(-c2ccccc2)cc1)C1CC1. The van der Waals surface area contributed by atoms with Gasteiger partial charge in [0, 0.05) is 29.1 Å². The fraction of sp³-hybridized carbons (Fsp3) is 0.382. The molecule has 0 aliphatic heterocycles. The van der Waals surface area contributed by atoms with Crippen LogP contribution in [0.1, 0.15) is 75.2 Å². The number of hydrogen-bond donors (Lipinski definition) is 2. The van der Waals surface area contributed by atoms with Gasteiger partial charge in [-0.3, -0.25) is 14.4 Å². The standard InChI is InChI=1S/C34H39BN2O5/c1-33(2,3)36-32(41)34(35,28-14-9-10-15-29(28)42-23-11-5-8-16-30(38)39)37(27-21-22-27)31(40)26-19-17-25(18-20-26)24-12-6-4-7-13-24/h4,6-7,9-10,12-15,17-20,27H,5,8,11,16,21-23H2,1-3H3,(H,36,41)(H,38,39). The maximum atomic E-state index is 14.2. The number of carboxylic acid groups (broad SMARTS) is 1. The highest BCUT2D eigenvalue weighted by Crippen LogP contribution is 2.42. The number of rotatable bonds is 13. The van der Waals surface area contributed by atoms with Gasteiger partial charge < -0.3 is 20.1 Å². The molecule has 4 rings (SSSR count). The maximum Gasteiger partial charge on any atom is 0.303 e. The molecule has 0 heterocycles. The van der Waals surface area contributed by atoms with Crippen molar-refractivity contribution in [1.82, 2.24) is 10.2 Å². The zero-order valence-electron chi connectivity index (χ0n) is 24.6. The van der Waals surface area contributed by atoms with Crippen molar-refractivity contribution in [3.8, 4) is 16.9 Å². The first-order chi connectivity index (χ1) is 20.0. The molecule has 0 saturated heterocycles. The van der Waals surface area contributed by atoms with E-state index in [4.69, 9.17) is 17.7 Å². The Morgan fingerprint density at radius 2 is 1.50 bits per heavy atom. The molecule has 42 heavy (non-hydrogen) atoms. The van der Waals surface area contributed by atoms with Crippen LogP contribution in [0, 0.1) is 0 Å². The van der Waals surface area contributed by atoms with Gasteiger partial charge in [0.1, 0.15) is 19.0 Å². The van der Waals surface area contributed by atoms with E-state index in [1.165, 1.54) is 4.90 Å². The lowest BCUT2D eigenvalue weighted by Gasteiger charge is -2.43. The smallest absolute Gasteiger partial charge is 0.303 e. The lowest BCUT2D eigenvalue weighted by molar-refractivity contribution is -0.137. The molecule has 7 nitrogen and oxygen atoms in total. The molecule has 1 unspecified atom stereocenters. The molecule has 0 bridgehead atoms. The Hall–Kier alpha value is -4.07. The van der Waals surface area contributed by atoms with Crippen LogP contribution in [0.15, 0.2) is 78.9 Å². The number of benzene rings is 3. The number of carbonyl (C=O) groups is 3. The summed E-state index contributed by atoms with van der Waals surface area (Å²) in [5, 5.41) is 11.9. The molecule has 0 spiro atoms. The molecule has 3 aromatic rings. The minimum Gasteiger partial charge on any atom is -0.493 e. The molecule has 1 saturated carbocycles. The Labute approximate surface area is 249 Å². The van der Waals surface area contributed by atoms with Crippen LogP contribution >= 0.6 is 0 Å². The normalized spacial score (nSPS) is 14.5. The lowest BCUT2D eigenvalue weighted by Crippen LogP contribution is -2.62. The first kappa shape index (κ1) is 30.9. The minimum atomic E-state index is -1.84. The Kier molecular flexibility index (Phi) is 9.76. The molecule has 8 heteroatoms. The van der Waals surface area contributed by atoms with Crippen molar-refractivity contribution >= 4 is 25.6 Å². The predicted molar refractivity (Wildman–Crippen MR) is 164 cm³/mol. The molecule has 1 aliphatic carbocycles. The molecular weight excluding hydrogens is 527 g/mol. The molecule has 2 amide bonds. The van der Waals surface area contributed by atoms with Crippen LogP contribution in [0.5, 0.6) is 5.75 Å². The van der Waals surface area contributed by atoms with Gasteiger partial charge >= 0.3 is 5.97 Å². The fourth-order valence-electron chi connectivity index (χ4n) is 4.96. The van der Waals surface area contributed by atoms with Crippen LogP contribution in [-0.4, -0.2) is 53.8 Å². The van der Waals surface area contributed by atoms with Gasteiger partial charge in [0.05, 0.1) is 6.61 Å². The summed E-state index contributed by atoms with van der Waals surface area (Å²) in [6, 6.07) is 24.2. The third-order valence-corrected chi connectivity index (χ3v) is 7.17. The Balaban J connectivity index is 1.68. The second kappa shape index (κ2) is 13.3. The second-order valence-electron chi connectivity index (χ2n) is 11.9. The van der Waals surface area contributed by atoms with E-state index in [1.54, 1.807) is 36.4 Å². The van der Waals surface area contributed by atoms with Gasteiger partial charge in [0.2, 0.25) is 5.91 Å². The van der Waals surface area contributed by atoms with Gasteiger partial charge in [0.25, 0.3) is 5.91 Å². The topological polar surface area (TPSA) is 95.9 Å². The largest absolute Gasteiger partial charge is 0.493 e. The van der Waals surface area contributed by atoms with E-state index in [-0.39, 0.29) is 18.4 Å². The van der Waals surface area contributed by atoms with Crippen molar-refractivity contribution < 1.29 is 24.2 Å². The number of carbonyl (C=O) groups excluding carboxylic acids is 2. The molecule has 2 radical (unpaired) electrons. The van der Waals surface area contributed by atoms with Crippen LogP contribution in [0.3, 0.4) is 0 Å². The van der Waals surface area contributed by atoms with E-state index in [9.17, 15) is 14.4 Å². The lowest BCUT2D eigenvalue weighted by atomic mass is 9.68. The number of aliphatic carboxylic acids is 1. The average molecular weight is 567 g/mol. The third-order valence-electron chi connectivity index (χ3n) is 7.17. The number of nitrogens with zero attached hydrogens (tertiary/aromatic N) is 1. The van der Waals surface area contributed by atoms with Gasteiger partial charge in [-0.1, -0.05) is 60.7 Å². The first-order valence-corrected chi connectivity index (χ1v) is 14.6. The highest BCUT2D eigenvalue weighted by molar-refractivity contribution is 6.30. The van der Waals surface area contributed by atoms with Crippen molar-refractivity contribution in [3.05, 3.63) is 90.0 Å². The number of carboxylic acids is 1. The molecule has 0 aromatic heterocycles. The number of amides is 2. The summed E-state index contributed by atoms with van der Waals surface area (Å²) in [4.78, 5) is 40.7. The molecule has 218 valence electrons. The summed E-state index contributed by atoms with van der Waals surface area (Å²) >= 11 is 0. The zero-order chi connectivity index (χ0) is 30.3. The molecule has 3 aromatic carbocycles. The van der Waals surface area contributed by atoms with Crippen LogP contribution in [0.25, 0.3) is 11.1 Å².